The van der Waals surface area contributed by atoms with Gasteiger partial charge in [0.25, 0.3) is 0 Å². The van der Waals surface area contributed by atoms with E-state index >= 15 is 0 Å². The molecule has 5 rings (SSSR count). The lowest BCUT2D eigenvalue weighted by Crippen LogP contribution is -1.99. The minimum absolute atomic E-state index is 0.460. The van der Waals surface area contributed by atoms with E-state index in [0.717, 1.165) is 38.2 Å². The molecule has 0 aliphatic rings. The maximum atomic E-state index is 6.17. The minimum Gasteiger partial charge on any atom is -0.489 e. The van der Waals surface area contributed by atoms with Crippen molar-refractivity contribution < 1.29 is 9.47 Å². The van der Waals surface area contributed by atoms with Crippen molar-refractivity contribution in [2.45, 2.75) is 13.2 Å². The maximum absolute atomic E-state index is 6.17. The number of fused-ring (bicyclic) bond motifs is 1. The lowest BCUT2D eigenvalue weighted by atomic mass is 10.1. The zero-order valence-electron chi connectivity index (χ0n) is 17.2. The minimum atomic E-state index is 0.460. The van der Waals surface area contributed by atoms with Gasteiger partial charge in [0.2, 0.25) is 0 Å². The van der Waals surface area contributed by atoms with Crippen LogP contribution in [0.2, 0.25) is 0 Å². The summed E-state index contributed by atoms with van der Waals surface area (Å²) in [5, 5.41) is 0. The first-order valence-corrected chi connectivity index (χ1v) is 11.0. The molecule has 3 aromatic carbocycles. The van der Waals surface area contributed by atoms with Gasteiger partial charge < -0.3 is 14.5 Å². The van der Waals surface area contributed by atoms with E-state index in [1.54, 1.807) is 6.20 Å². The Labute approximate surface area is 194 Å². The van der Waals surface area contributed by atoms with Crippen LogP contribution in [0, 0.1) is 0 Å². The number of aromatic nitrogens is 3. The van der Waals surface area contributed by atoms with Crippen LogP contribution in [-0.2, 0) is 13.2 Å². The second-order valence-electron chi connectivity index (χ2n) is 7.31. The molecule has 0 aliphatic carbocycles. The molecule has 2 aromatic heterocycles. The monoisotopic (exact) mass is 485 g/mol. The average Bonchev–Trinajstić information content (AvgIpc) is 3.26. The van der Waals surface area contributed by atoms with E-state index in [9.17, 15) is 0 Å². The summed E-state index contributed by atoms with van der Waals surface area (Å²) < 4.78 is 13.1. The molecule has 0 radical (unpaired) electrons. The first-order valence-electron chi connectivity index (χ1n) is 10.2. The van der Waals surface area contributed by atoms with E-state index < -0.39 is 0 Å². The smallest absolute Gasteiger partial charge is 0.157 e. The number of benzene rings is 3. The van der Waals surface area contributed by atoms with Crippen LogP contribution in [0.3, 0.4) is 0 Å². The van der Waals surface area contributed by atoms with Gasteiger partial charge in [-0.15, -0.1) is 0 Å². The summed E-state index contributed by atoms with van der Waals surface area (Å²) in [6.45, 7) is 0.946. The Kier molecular flexibility index (Phi) is 5.85. The molecule has 6 heteroatoms. The van der Waals surface area contributed by atoms with E-state index in [-0.39, 0.29) is 0 Å². The van der Waals surface area contributed by atoms with Gasteiger partial charge in [0.1, 0.15) is 36.1 Å². The molecule has 158 valence electrons. The van der Waals surface area contributed by atoms with Crippen molar-refractivity contribution in [1.29, 1.82) is 0 Å². The number of hydrogen-bond acceptors (Lipinski definition) is 4. The lowest BCUT2D eigenvalue weighted by molar-refractivity contribution is 0.298. The molecule has 0 saturated heterocycles. The highest BCUT2D eigenvalue weighted by molar-refractivity contribution is 9.10. The molecular formula is C26H20BrN3O2. The summed E-state index contributed by atoms with van der Waals surface area (Å²) in [7, 11) is 0. The SMILES string of the molecule is Brc1cnc2[nH]c(-c3cc(OCc4ccccc4)ccc3OCc3ccccc3)nc2c1. The summed E-state index contributed by atoms with van der Waals surface area (Å²) in [4.78, 5) is 12.4. The van der Waals surface area contributed by atoms with Crippen molar-refractivity contribution in [3.05, 3.63) is 107 Å². The molecule has 0 aliphatic heterocycles. The fourth-order valence-electron chi connectivity index (χ4n) is 3.38. The number of ether oxygens (including phenoxy) is 2. The van der Waals surface area contributed by atoms with Gasteiger partial charge in [-0.2, -0.15) is 0 Å². The van der Waals surface area contributed by atoms with Gasteiger partial charge >= 0.3 is 0 Å². The molecule has 0 unspecified atom stereocenters. The van der Waals surface area contributed by atoms with E-state index in [1.165, 1.54) is 0 Å². The largest absolute Gasteiger partial charge is 0.489 e. The first-order chi connectivity index (χ1) is 15.7. The number of hydrogen-bond donors (Lipinski definition) is 1. The third-order valence-corrected chi connectivity index (χ3v) is 5.43. The van der Waals surface area contributed by atoms with Gasteiger partial charge in [-0.05, 0) is 51.3 Å². The van der Waals surface area contributed by atoms with Crippen LogP contribution < -0.4 is 9.47 Å². The van der Waals surface area contributed by atoms with E-state index in [1.807, 2.05) is 84.9 Å². The van der Waals surface area contributed by atoms with Crippen molar-refractivity contribution in [3.63, 3.8) is 0 Å². The number of imidazole rings is 1. The molecule has 2 heterocycles. The summed E-state index contributed by atoms with van der Waals surface area (Å²) in [6, 6.07) is 27.9. The molecule has 0 amide bonds. The van der Waals surface area contributed by atoms with Gasteiger partial charge in [-0.3, -0.25) is 0 Å². The standard InChI is InChI=1S/C26H20BrN3O2/c27-20-13-23-26(28-15-20)30-25(29-23)22-14-21(31-16-18-7-3-1-4-8-18)11-12-24(22)32-17-19-9-5-2-6-10-19/h1-15H,16-17H2,(H,28,29,30). The Bertz CT molecular complexity index is 1340. The third kappa shape index (κ3) is 4.65. The van der Waals surface area contributed by atoms with Crippen LogP contribution in [0.1, 0.15) is 11.1 Å². The normalized spacial score (nSPS) is 10.9. The Hall–Kier alpha value is -3.64. The van der Waals surface area contributed by atoms with Gasteiger partial charge in [-0.25, -0.2) is 9.97 Å². The summed E-state index contributed by atoms with van der Waals surface area (Å²) >= 11 is 3.46. The van der Waals surface area contributed by atoms with Crippen LogP contribution in [0.4, 0.5) is 0 Å². The molecule has 0 atom stereocenters. The molecule has 0 spiro atoms. The topological polar surface area (TPSA) is 60.0 Å². The summed E-state index contributed by atoms with van der Waals surface area (Å²) in [5.74, 6) is 2.14. The second-order valence-corrected chi connectivity index (χ2v) is 8.23. The molecule has 1 N–H and O–H groups in total. The quantitative estimate of drug-likeness (QED) is 0.284. The Morgan fingerprint density at radius 1 is 0.781 bits per heavy atom. The predicted molar refractivity (Wildman–Crippen MR) is 129 cm³/mol. The molecule has 32 heavy (non-hydrogen) atoms. The van der Waals surface area contributed by atoms with Crippen molar-refractivity contribution in [2.24, 2.45) is 0 Å². The molecule has 5 aromatic rings. The zero-order chi connectivity index (χ0) is 21.8. The molecule has 0 saturated carbocycles. The summed E-state index contributed by atoms with van der Waals surface area (Å²) in [6.07, 6.45) is 1.75. The fraction of sp³-hybridized carbons (Fsp3) is 0.0769. The van der Waals surface area contributed by atoms with Gasteiger partial charge in [0, 0.05) is 10.7 Å². The van der Waals surface area contributed by atoms with Gasteiger partial charge in [0.15, 0.2) is 5.65 Å². The van der Waals surface area contributed by atoms with Gasteiger partial charge in [-0.1, -0.05) is 60.7 Å². The number of nitrogens with one attached hydrogen (secondary N) is 1. The zero-order valence-corrected chi connectivity index (χ0v) is 18.7. The van der Waals surface area contributed by atoms with Crippen molar-refractivity contribution in [2.75, 3.05) is 0 Å². The summed E-state index contributed by atoms with van der Waals surface area (Å²) in [5.41, 5.74) is 4.52. The second kappa shape index (κ2) is 9.24. The number of halogens is 1. The van der Waals surface area contributed by atoms with Crippen LogP contribution >= 0.6 is 15.9 Å². The van der Waals surface area contributed by atoms with E-state index in [2.05, 4.69) is 25.9 Å². The molecule has 5 nitrogen and oxygen atoms in total. The molecular weight excluding hydrogens is 466 g/mol. The van der Waals surface area contributed by atoms with Gasteiger partial charge in [0.05, 0.1) is 5.56 Å². The number of H-pyrrole nitrogens is 1. The number of rotatable bonds is 7. The average molecular weight is 486 g/mol. The van der Waals surface area contributed by atoms with Crippen molar-refractivity contribution in [3.8, 4) is 22.9 Å². The highest BCUT2D eigenvalue weighted by atomic mass is 79.9. The van der Waals surface area contributed by atoms with E-state index in [0.29, 0.717) is 24.7 Å². The fourth-order valence-corrected chi connectivity index (χ4v) is 3.70. The highest BCUT2D eigenvalue weighted by Gasteiger charge is 2.14. The Morgan fingerprint density at radius 3 is 2.19 bits per heavy atom. The molecule has 0 bridgehead atoms. The van der Waals surface area contributed by atoms with E-state index in [4.69, 9.17) is 14.5 Å². The maximum Gasteiger partial charge on any atom is 0.157 e. The number of aromatic amines is 1. The Morgan fingerprint density at radius 2 is 1.47 bits per heavy atom. The third-order valence-electron chi connectivity index (χ3n) is 4.99. The lowest BCUT2D eigenvalue weighted by Gasteiger charge is -2.13. The van der Waals surface area contributed by atoms with Crippen LogP contribution in [-0.4, -0.2) is 15.0 Å². The van der Waals surface area contributed by atoms with Crippen LogP contribution in [0.15, 0.2) is 95.6 Å². The number of nitrogens with zero attached hydrogens (tertiary/aromatic N) is 2. The Balaban J connectivity index is 1.47. The van der Waals surface area contributed by atoms with Crippen molar-refractivity contribution >= 4 is 27.1 Å². The van der Waals surface area contributed by atoms with Crippen LogP contribution in [0.25, 0.3) is 22.6 Å². The predicted octanol–water partition coefficient (Wildman–Crippen LogP) is 6.55. The van der Waals surface area contributed by atoms with Crippen molar-refractivity contribution in [1.82, 2.24) is 15.0 Å². The highest BCUT2D eigenvalue weighted by Crippen LogP contribution is 2.34. The first kappa shape index (κ1) is 20.3. The number of pyridine rings is 1. The van der Waals surface area contributed by atoms with Crippen LogP contribution in [0.5, 0.6) is 11.5 Å². The molecule has 0 fully saturated rings.